The maximum atomic E-state index is 14.6. The number of aromatic nitrogens is 5. The van der Waals surface area contributed by atoms with Crippen LogP contribution in [0.15, 0.2) is 65.7 Å². The molecule has 3 aromatic heterocycles. The van der Waals surface area contributed by atoms with Crippen molar-refractivity contribution in [3.8, 4) is 28.2 Å². The first-order chi connectivity index (χ1) is 15.1. The van der Waals surface area contributed by atoms with E-state index in [1.807, 2.05) is 0 Å². The number of aldehydes is 1. The summed E-state index contributed by atoms with van der Waals surface area (Å²) < 4.78 is 16.1. The molecule has 1 aliphatic rings. The van der Waals surface area contributed by atoms with Crippen molar-refractivity contribution < 1.29 is 9.18 Å². The highest BCUT2D eigenvalue weighted by Crippen LogP contribution is 2.38. The summed E-state index contributed by atoms with van der Waals surface area (Å²) in [6, 6.07) is 12.8. The van der Waals surface area contributed by atoms with Gasteiger partial charge in [0.2, 0.25) is 0 Å². The van der Waals surface area contributed by atoms with Crippen molar-refractivity contribution in [1.29, 1.82) is 0 Å². The molecule has 4 aromatic rings. The van der Waals surface area contributed by atoms with Crippen LogP contribution in [-0.2, 0) is 4.79 Å². The van der Waals surface area contributed by atoms with E-state index in [1.165, 1.54) is 22.9 Å². The molecule has 0 radical (unpaired) electrons. The SMILES string of the molecule is O=CC1(Nc2cc(-c3cn(-c4ccc(=O)[nH]n4)nc3-c3ccccc3F)ccn2)CC1. The summed E-state index contributed by atoms with van der Waals surface area (Å²) in [6.07, 6.45) is 5.77. The number of hydrogen-bond acceptors (Lipinski definition) is 6. The van der Waals surface area contributed by atoms with Gasteiger partial charge in [0, 0.05) is 29.6 Å². The molecule has 8 nitrogen and oxygen atoms in total. The molecule has 154 valence electrons. The lowest BCUT2D eigenvalue weighted by atomic mass is 10.0. The average Bonchev–Trinajstić information content (AvgIpc) is 3.42. The van der Waals surface area contributed by atoms with E-state index in [0.29, 0.717) is 28.5 Å². The summed E-state index contributed by atoms with van der Waals surface area (Å²) in [5.74, 6) is 0.527. The molecule has 0 unspecified atom stereocenters. The van der Waals surface area contributed by atoms with Gasteiger partial charge in [-0.15, -0.1) is 0 Å². The molecule has 0 saturated heterocycles. The zero-order valence-corrected chi connectivity index (χ0v) is 16.2. The quantitative estimate of drug-likeness (QED) is 0.468. The maximum Gasteiger partial charge on any atom is 0.264 e. The molecule has 0 amide bonds. The van der Waals surface area contributed by atoms with Gasteiger partial charge in [-0.1, -0.05) is 12.1 Å². The minimum absolute atomic E-state index is 0.332. The zero-order chi connectivity index (χ0) is 21.4. The molecule has 1 fully saturated rings. The van der Waals surface area contributed by atoms with E-state index < -0.39 is 11.4 Å². The van der Waals surface area contributed by atoms with Crippen LogP contribution >= 0.6 is 0 Å². The summed E-state index contributed by atoms with van der Waals surface area (Å²) >= 11 is 0. The molecule has 0 bridgehead atoms. The fourth-order valence-electron chi connectivity index (χ4n) is 3.35. The predicted octanol–water partition coefficient (Wildman–Crippen LogP) is 2.97. The van der Waals surface area contributed by atoms with Crippen molar-refractivity contribution in [2.45, 2.75) is 18.4 Å². The average molecular weight is 416 g/mol. The summed E-state index contributed by atoms with van der Waals surface area (Å²) in [6.45, 7) is 0. The topological polar surface area (TPSA) is 106 Å². The molecule has 1 aromatic carbocycles. The van der Waals surface area contributed by atoms with E-state index in [1.54, 1.807) is 42.7 Å². The Bertz CT molecular complexity index is 1320. The summed E-state index contributed by atoms with van der Waals surface area (Å²) in [4.78, 5) is 27.0. The summed E-state index contributed by atoms with van der Waals surface area (Å²) in [5, 5.41) is 14.1. The highest BCUT2D eigenvalue weighted by atomic mass is 19.1. The van der Waals surface area contributed by atoms with Crippen molar-refractivity contribution in [2.75, 3.05) is 5.32 Å². The van der Waals surface area contributed by atoms with Crippen molar-refractivity contribution in [2.24, 2.45) is 0 Å². The highest BCUT2D eigenvalue weighted by molar-refractivity contribution is 5.82. The van der Waals surface area contributed by atoms with Gasteiger partial charge < -0.3 is 10.1 Å². The predicted molar refractivity (Wildman–Crippen MR) is 112 cm³/mol. The lowest BCUT2D eigenvalue weighted by molar-refractivity contribution is -0.109. The van der Waals surface area contributed by atoms with E-state index >= 15 is 0 Å². The van der Waals surface area contributed by atoms with Crippen molar-refractivity contribution in [1.82, 2.24) is 25.0 Å². The van der Waals surface area contributed by atoms with Crippen LogP contribution in [0, 0.1) is 5.82 Å². The third-order valence-corrected chi connectivity index (χ3v) is 5.20. The van der Waals surface area contributed by atoms with Gasteiger partial charge in [0.15, 0.2) is 5.82 Å². The van der Waals surface area contributed by atoms with Gasteiger partial charge in [-0.2, -0.15) is 10.2 Å². The number of anilines is 1. The van der Waals surface area contributed by atoms with Gasteiger partial charge in [0.25, 0.3) is 5.56 Å². The fourth-order valence-corrected chi connectivity index (χ4v) is 3.35. The van der Waals surface area contributed by atoms with E-state index in [-0.39, 0.29) is 5.56 Å². The number of pyridine rings is 1. The third kappa shape index (κ3) is 3.61. The number of nitrogens with one attached hydrogen (secondary N) is 2. The number of carbonyl (C=O) groups excluding carboxylic acids is 1. The van der Waals surface area contributed by atoms with Gasteiger partial charge in [0.05, 0.1) is 5.54 Å². The molecule has 1 aliphatic carbocycles. The van der Waals surface area contributed by atoms with Crippen LogP contribution in [0.25, 0.3) is 28.2 Å². The Kier molecular flexibility index (Phi) is 4.43. The monoisotopic (exact) mass is 416 g/mol. The zero-order valence-electron chi connectivity index (χ0n) is 16.2. The summed E-state index contributed by atoms with van der Waals surface area (Å²) in [7, 11) is 0. The van der Waals surface area contributed by atoms with E-state index in [0.717, 1.165) is 24.7 Å². The normalized spacial score (nSPS) is 14.2. The largest absolute Gasteiger partial charge is 0.358 e. The second-order valence-corrected chi connectivity index (χ2v) is 7.42. The van der Waals surface area contributed by atoms with Gasteiger partial charge in [0.1, 0.15) is 23.6 Å². The third-order valence-electron chi connectivity index (χ3n) is 5.20. The first-order valence-electron chi connectivity index (χ1n) is 9.69. The second kappa shape index (κ2) is 7.28. The molecular formula is C22H17FN6O2. The molecule has 2 N–H and O–H groups in total. The Hall–Kier alpha value is -4.14. The van der Waals surface area contributed by atoms with Crippen molar-refractivity contribution >= 4 is 12.1 Å². The Morgan fingerprint density at radius 1 is 1.13 bits per heavy atom. The van der Waals surface area contributed by atoms with Gasteiger partial charge in [-0.25, -0.2) is 19.2 Å². The molecule has 1 saturated carbocycles. The number of rotatable bonds is 6. The van der Waals surface area contributed by atoms with E-state index in [9.17, 15) is 14.0 Å². The number of nitrogens with zero attached hydrogens (tertiary/aromatic N) is 4. The Morgan fingerprint density at radius 3 is 2.68 bits per heavy atom. The Balaban J connectivity index is 1.63. The molecule has 0 atom stereocenters. The first-order valence-corrected chi connectivity index (χ1v) is 9.69. The molecule has 5 rings (SSSR count). The number of halogens is 1. The number of carbonyl (C=O) groups is 1. The number of benzene rings is 1. The lowest BCUT2D eigenvalue weighted by Crippen LogP contribution is -2.23. The first kappa shape index (κ1) is 18.9. The van der Waals surface area contributed by atoms with Gasteiger partial charge >= 0.3 is 0 Å². The Labute approximate surface area is 175 Å². The molecule has 31 heavy (non-hydrogen) atoms. The smallest absolute Gasteiger partial charge is 0.264 e. The van der Waals surface area contributed by atoms with Crippen LogP contribution in [0.2, 0.25) is 0 Å². The highest BCUT2D eigenvalue weighted by Gasteiger charge is 2.42. The van der Waals surface area contributed by atoms with Crippen LogP contribution in [0.1, 0.15) is 12.8 Å². The van der Waals surface area contributed by atoms with Crippen LogP contribution in [-0.4, -0.2) is 36.8 Å². The fraction of sp³-hybridized carbons (Fsp3) is 0.136. The van der Waals surface area contributed by atoms with Gasteiger partial charge in [-0.3, -0.25) is 4.79 Å². The van der Waals surface area contributed by atoms with Crippen LogP contribution in [0.4, 0.5) is 10.2 Å². The van der Waals surface area contributed by atoms with E-state index in [2.05, 4.69) is 25.6 Å². The second-order valence-electron chi connectivity index (χ2n) is 7.42. The standard InChI is InChI=1S/C22H17FN6O2/c23-17-4-2-1-3-15(17)21-16(12-29(28-21)19-5-6-20(31)27-26-19)14-7-10-24-18(11-14)25-22(13-30)8-9-22/h1-7,10-13H,8-9H2,(H,24,25)(H,27,31). The summed E-state index contributed by atoms with van der Waals surface area (Å²) in [5.41, 5.74) is 1.26. The maximum absolute atomic E-state index is 14.6. The number of hydrogen-bond donors (Lipinski definition) is 2. The van der Waals surface area contributed by atoms with Crippen LogP contribution < -0.4 is 10.9 Å². The van der Waals surface area contributed by atoms with Crippen LogP contribution in [0.5, 0.6) is 0 Å². The van der Waals surface area contributed by atoms with E-state index in [4.69, 9.17) is 0 Å². The molecule has 3 heterocycles. The number of aromatic amines is 1. The van der Waals surface area contributed by atoms with Crippen molar-refractivity contribution in [3.63, 3.8) is 0 Å². The molecule has 0 aliphatic heterocycles. The van der Waals surface area contributed by atoms with Gasteiger partial charge in [-0.05, 0) is 48.7 Å². The van der Waals surface area contributed by atoms with Crippen molar-refractivity contribution in [3.05, 3.63) is 77.1 Å². The lowest BCUT2D eigenvalue weighted by Gasteiger charge is -2.12. The number of H-pyrrole nitrogens is 1. The van der Waals surface area contributed by atoms with Crippen LogP contribution in [0.3, 0.4) is 0 Å². The minimum Gasteiger partial charge on any atom is -0.358 e. The molecule has 0 spiro atoms. The molecular weight excluding hydrogens is 399 g/mol. The minimum atomic E-state index is -0.552. The molecule has 9 heteroatoms. The Morgan fingerprint density at radius 2 is 1.97 bits per heavy atom.